The summed E-state index contributed by atoms with van der Waals surface area (Å²) in [5.41, 5.74) is 0. The van der Waals surface area contributed by atoms with Crippen molar-refractivity contribution in [3.8, 4) is 0 Å². The summed E-state index contributed by atoms with van der Waals surface area (Å²) in [6.07, 6.45) is 4.90. The van der Waals surface area contributed by atoms with Crippen molar-refractivity contribution in [2.75, 3.05) is 19.6 Å². The summed E-state index contributed by atoms with van der Waals surface area (Å²) in [6, 6.07) is 0. The van der Waals surface area contributed by atoms with Crippen LogP contribution in [0.2, 0.25) is 0 Å². The highest BCUT2D eigenvalue weighted by Gasteiger charge is 2.17. The predicted molar refractivity (Wildman–Crippen MR) is 62.9 cm³/mol. The van der Waals surface area contributed by atoms with Gasteiger partial charge in [0.05, 0.1) is 19.6 Å². The Morgan fingerprint density at radius 1 is 1.07 bits per heavy atom. The lowest BCUT2D eigenvalue weighted by Crippen LogP contribution is -2.45. The molecule has 0 aromatic rings. The van der Waals surface area contributed by atoms with E-state index in [1.165, 1.54) is 19.3 Å². The topological polar surface area (TPSA) is 23.1 Å². The minimum atomic E-state index is 0.00220. The smallest absolute Gasteiger partial charge is 0.0812 e. The molecule has 14 heavy (non-hydrogen) atoms. The van der Waals surface area contributed by atoms with E-state index in [1.54, 1.807) is 0 Å². The van der Waals surface area contributed by atoms with Crippen LogP contribution in [0.15, 0.2) is 0 Å². The van der Waals surface area contributed by atoms with Crippen molar-refractivity contribution in [1.82, 2.24) is 0 Å². The molecule has 0 spiro atoms. The molecule has 0 aromatic heterocycles. The lowest BCUT2D eigenvalue weighted by molar-refractivity contribution is -0.880. The molecule has 0 aliphatic carbocycles. The van der Waals surface area contributed by atoms with Gasteiger partial charge in [0.25, 0.3) is 0 Å². The van der Waals surface area contributed by atoms with E-state index in [0.29, 0.717) is 5.92 Å². The summed E-state index contributed by atoms with van der Waals surface area (Å²) in [4.78, 5) is 0. The van der Waals surface area contributed by atoms with Crippen LogP contribution in [0.1, 0.15) is 53.4 Å². The van der Waals surface area contributed by atoms with E-state index >= 15 is 0 Å². The Bertz CT molecular complexity index is 132. The molecule has 2 nitrogen and oxygen atoms in total. The van der Waals surface area contributed by atoms with E-state index in [1.807, 2.05) is 13.8 Å². The van der Waals surface area contributed by atoms with Gasteiger partial charge in [0, 0.05) is 5.92 Å². The Kier molecular flexibility index (Phi) is 7.20. The fourth-order valence-corrected chi connectivity index (χ4v) is 1.87. The van der Waals surface area contributed by atoms with Crippen molar-refractivity contribution < 1.29 is 4.65 Å². The molecular weight excluding hydrogens is 174 g/mol. The largest absolute Gasteiger partial charge is 0.633 e. The first-order valence-corrected chi connectivity index (χ1v) is 6.18. The number of hydrogen-bond donors (Lipinski definition) is 0. The highest BCUT2D eigenvalue weighted by molar-refractivity contribution is 4.57. The minimum Gasteiger partial charge on any atom is -0.633 e. The van der Waals surface area contributed by atoms with Gasteiger partial charge >= 0.3 is 0 Å². The molecule has 0 aromatic carbocycles. The summed E-state index contributed by atoms with van der Waals surface area (Å²) in [5.74, 6) is 0.632. The van der Waals surface area contributed by atoms with Crippen LogP contribution >= 0.6 is 0 Å². The molecule has 0 aliphatic rings. The van der Waals surface area contributed by atoms with E-state index in [-0.39, 0.29) is 4.65 Å². The van der Waals surface area contributed by atoms with Crippen LogP contribution in [0.3, 0.4) is 0 Å². The Hall–Kier alpha value is -0.0800. The van der Waals surface area contributed by atoms with Crippen molar-refractivity contribution in [1.29, 1.82) is 0 Å². The highest BCUT2D eigenvalue weighted by atomic mass is 16.5. The lowest BCUT2D eigenvalue weighted by Gasteiger charge is -2.43. The second kappa shape index (κ2) is 7.24. The van der Waals surface area contributed by atoms with Gasteiger partial charge in [-0.3, -0.25) is 0 Å². The Morgan fingerprint density at radius 2 is 1.64 bits per heavy atom. The zero-order chi connectivity index (χ0) is 11.0. The number of unbranched alkanes of at least 4 members (excludes halogenated alkanes) is 1. The van der Waals surface area contributed by atoms with Gasteiger partial charge in [-0.05, 0) is 26.7 Å². The van der Waals surface area contributed by atoms with Gasteiger partial charge in [0.1, 0.15) is 0 Å². The average Bonchev–Trinajstić information content (AvgIpc) is 2.23. The third kappa shape index (κ3) is 4.97. The first-order chi connectivity index (χ1) is 6.61. The van der Waals surface area contributed by atoms with E-state index in [9.17, 15) is 5.21 Å². The number of nitrogens with zero attached hydrogens (tertiary/aromatic N) is 1. The van der Waals surface area contributed by atoms with Crippen LogP contribution in [0.5, 0.6) is 0 Å². The van der Waals surface area contributed by atoms with Crippen molar-refractivity contribution in [2.45, 2.75) is 53.4 Å². The average molecular weight is 201 g/mol. The first kappa shape index (κ1) is 13.9. The Morgan fingerprint density at radius 3 is 2.00 bits per heavy atom. The maximum absolute atomic E-state index is 12.1. The first-order valence-electron chi connectivity index (χ1n) is 6.18. The molecule has 0 saturated heterocycles. The zero-order valence-electron chi connectivity index (χ0n) is 10.4. The van der Waals surface area contributed by atoms with Gasteiger partial charge in [-0.2, -0.15) is 0 Å². The maximum atomic E-state index is 12.1. The summed E-state index contributed by atoms with van der Waals surface area (Å²) < 4.78 is 0.00220. The van der Waals surface area contributed by atoms with Crippen molar-refractivity contribution in [2.24, 2.45) is 5.92 Å². The molecule has 1 atom stereocenters. The van der Waals surface area contributed by atoms with Gasteiger partial charge in [0.15, 0.2) is 0 Å². The summed E-state index contributed by atoms with van der Waals surface area (Å²) in [5, 5.41) is 12.1. The standard InChI is InChI=1S/C12H27NO/c1-5-9-10-12(6-2)11-13(14,7-3)8-4/h12H,5-11H2,1-4H3. The lowest BCUT2D eigenvalue weighted by atomic mass is 9.98. The predicted octanol–water partition coefficient (Wildman–Crippen LogP) is 3.56. The number of hydroxylamine groups is 3. The van der Waals surface area contributed by atoms with Gasteiger partial charge < -0.3 is 9.85 Å². The van der Waals surface area contributed by atoms with E-state index < -0.39 is 0 Å². The van der Waals surface area contributed by atoms with Crippen molar-refractivity contribution in [3.05, 3.63) is 5.21 Å². The SMILES string of the molecule is CCCCC(CC)C[N+]([O-])(CC)CC. The third-order valence-corrected chi connectivity index (χ3v) is 3.29. The van der Waals surface area contributed by atoms with Crippen LogP contribution in [0, 0.1) is 11.1 Å². The third-order valence-electron chi connectivity index (χ3n) is 3.29. The van der Waals surface area contributed by atoms with Gasteiger partial charge in [0.2, 0.25) is 0 Å². The molecule has 0 radical (unpaired) electrons. The molecule has 86 valence electrons. The van der Waals surface area contributed by atoms with Crippen molar-refractivity contribution >= 4 is 0 Å². The van der Waals surface area contributed by atoms with Crippen LogP contribution in [-0.2, 0) is 0 Å². The van der Waals surface area contributed by atoms with Gasteiger partial charge in [-0.15, -0.1) is 0 Å². The molecule has 0 saturated carbocycles. The number of hydrogen-bond acceptors (Lipinski definition) is 1. The van der Waals surface area contributed by atoms with E-state index in [4.69, 9.17) is 0 Å². The molecule has 0 heterocycles. The summed E-state index contributed by atoms with van der Waals surface area (Å²) >= 11 is 0. The number of quaternary nitrogens is 1. The second-order valence-corrected chi connectivity index (χ2v) is 4.29. The second-order valence-electron chi connectivity index (χ2n) is 4.29. The van der Waals surface area contributed by atoms with E-state index in [2.05, 4.69) is 13.8 Å². The molecule has 0 N–H and O–H groups in total. The molecule has 0 amide bonds. The Balaban J connectivity index is 4.00. The zero-order valence-corrected chi connectivity index (χ0v) is 10.4. The molecule has 0 rings (SSSR count). The van der Waals surface area contributed by atoms with Crippen LogP contribution in [0.4, 0.5) is 0 Å². The van der Waals surface area contributed by atoms with Crippen LogP contribution in [-0.4, -0.2) is 24.3 Å². The van der Waals surface area contributed by atoms with Crippen molar-refractivity contribution in [3.63, 3.8) is 0 Å². The van der Waals surface area contributed by atoms with Crippen LogP contribution < -0.4 is 0 Å². The molecule has 0 fully saturated rings. The number of rotatable bonds is 8. The molecule has 0 aliphatic heterocycles. The minimum absolute atomic E-state index is 0.00220. The van der Waals surface area contributed by atoms with Crippen LogP contribution in [0.25, 0.3) is 0 Å². The highest BCUT2D eigenvalue weighted by Crippen LogP contribution is 2.18. The fraction of sp³-hybridized carbons (Fsp3) is 1.00. The van der Waals surface area contributed by atoms with Gasteiger partial charge in [-0.1, -0.05) is 26.7 Å². The normalized spacial score (nSPS) is 14.4. The van der Waals surface area contributed by atoms with E-state index in [0.717, 1.165) is 26.1 Å². The molecule has 2 heteroatoms. The molecular formula is C12H27NO. The van der Waals surface area contributed by atoms with Gasteiger partial charge in [-0.25, -0.2) is 0 Å². The maximum Gasteiger partial charge on any atom is 0.0812 e. The fourth-order valence-electron chi connectivity index (χ4n) is 1.87. The Labute approximate surface area is 89.5 Å². The summed E-state index contributed by atoms with van der Waals surface area (Å²) in [7, 11) is 0. The summed E-state index contributed by atoms with van der Waals surface area (Å²) in [6.45, 7) is 10.7. The molecule has 1 unspecified atom stereocenters. The monoisotopic (exact) mass is 201 g/mol. The molecule has 0 bridgehead atoms. The quantitative estimate of drug-likeness (QED) is 0.435.